The SMILES string of the molecule is COc1ccc(C(NC(=O)COC(=O)c2cc3cc(C)ccc3nc2C)c2ccc(OC)cc2)cc1. The Morgan fingerprint density at radius 2 is 1.42 bits per heavy atom. The number of hydrogen-bond donors (Lipinski definition) is 1. The second kappa shape index (κ2) is 10.9. The van der Waals surface area contributed by atoms with E-state index in [1.54, 1.807) is 27.2 Å². The summed E-state index contributed by atoms with van der Waals surface area (Å²) in [7, 11) is 3.19. The van der Waals surface area contributed by atoms with Crippen molar-refractivity contribution < 1.29 is 23.8 Å². The van der Waals surface area contributed by atoms with E-state index in [1.807, 2.05) is 73.7 Å². The van der Waals surface area contributed by atoms with Crippen molar-refractivity contribution in [3.05, 3.63) is 101 Å². The summed E-state index contributed by atoms with van der Waals surface area (Å²) in [5.41, 5.74) is 4.45. The summed E-state index contributed by atoms with van der Waals surface area (Å²) in [6, 6.07) is 22.0. The van der Waals surface area contributed by atoms with Gasteiger partial charge in [-0.3, -0.25) is 9.78 Å². The zero-order valence-electron chi connectivity index (χ0n) is 20.7. The van der Waals surface area contributed by atoms with Crippen LogP contribution in [0.2, 0.25) is 0 Å². The maximum atomic E-state index is 12.9. The highest BCUT2D eigenvalue weighted by Gasteiger charge is 2.20. The summed E-state index contributed by atoms with van der Waals surface area (Å²) in [5.74, 6) is 0.398. The highest BCUT2D eigenvalue weighted by molar-refractivity contribution is 5.96. The van der Waals surface area contributed by atoms with Crippen molar-refractivity contribution in [2.75, 3.05) is 20.8 Å². The van der Waals surface area contributed by atoms with E-state index in [9.17, 15) is 9.59 Å². The highest BCUT2D eigenvalue weighted by Crippen LogP contribution is 2.26. The van der Waals surface area contributed by atoms with Gasteiger partial charge in [-0.1, -0.05) is 35.9 Å². The molecule has 1 amide bonds. The van der Waals surface area contributed by atoms with Crippen LogP contribution in [0.4, 0.5) is 0 Å². The molecule has 4 aromatic rings. The summed E-state index contributed by atoms with van der Waals surface area (Å²) >= 11 is 0. The molecule has 0 spiro atoms. The fraction of sp³-hybridized carbons (Fsp3) is 0.207. The van der Waals surface area contributed by atoms with Crippen molar-refractivity contribution >= 4 is 22.8 Å². The molecular formula is C29H28N2O5. The van der Waals surface area contributed by atoms with Crippen molar-refractivity contribution in [1.29, 1.82) is 0 Å². The monoisotopic (exact) mass is 484 g/mol. The fourth-order valence-corrected chi connectivity index (χ4v) is 3.96. The van der Waals surface area contributed by atoms with Gasteiger partial charge in [0.2, 0.25) is 0 Å². The van der Waals surface area contributed by atoms with Gasteiger partial charge in [0.05, 0.1) is 37.0 Å². The van der Waals surface area contributed by atoms with Crippen molar-refractivity contribution in [2.45, 2.75) is 19.9 Å². The number of nitrogens with zero attached hydrogens (tertiary/aromatic N) is 1. The van der Waals surface area contributed by atoms with Crippen molar-refractivity contribution in [1.82, 2.24) is 10.3 Å². The van der Waals surface area contributed by atoms with E-state index < -0.39 is 24.5 Å². The maximum absolute atomic E-state index is 12.9. The number of nitrogens with one attached hydrogen (secondary N) is 1. The summed E-state index contributed by atoms with van der Waals surface area (Å²) < 4.78 is 15.9. The Hall–Kier alpha value is -4.39. The van der Waals surface area contributed by atoms with Crippen LogP contribution in [0.5, 0.6) is 11.5 Å². The number of aromatic nitrogens is 1. The number of rotatable bonds is 8. The zero-order valence-corrected chi connectivity index (χ0v) is 20.7. The van der Waals surface area contributed by atoms with Gasteiger partial charge in [-0.2, -0.15) is 0 Å². The Balaban J connectivity index is 1.50. The van der Waals surface area contributed by atoms with Gasteiger partial charge in [-0.05, 0) is 67.4 Å². The second-order valence-electron chi connectivity index (χ2n) is 8.44. The first-order chi connectivity index (χ1) is 17.4. The normalized spacial score (nSPS) is 10.8. The summed E-state index contributed by atoms with van der Waals surface area (Å²) in [6.45, 7) is 3.30. The molecule has 7 heteroatoms. The van der Waals surface area contributed by atoms with E-state index in [2.05, 4.69) is 10.3 Å². The first-order valence-corrected chi connectivity index (χ1v) is 11.5. The Kier molecular flexibility index (Phi) is 7.49. The number of pyridine rings is 1. The molecule has 0 atom stereocenters. The average molecular weight is 485 g/mol. The van der Waals surface area contributed by atoms with E-state index >= 15 is 0 Å². The third-order valence-electron chi connectivity index (χ3n) is 5.92. The third kappa shape index (κ3) is 5.63. The molecule has 0 aliphatic rings. The molecule has 1 N–H and O–H groups in total. The number of aryl methyl sites for hydroxylation is 2. The van der Waals surface area contributed by atoms with Crippen molar-refractivity contribution in [3.63, 3.8) is 0 Å². The van der Waals surface area contributed by atoms with Gasteiger partial charge < -0.3 is 19.5 Å². The first-order valence-electron chi connectivity index (χ1n) is 11.5. The Morgan fingerprint density at radius 1 is 0.833 bits per heavy atom. The van der Waals surface area contributed by atoms with Crippen molar-refractivity contribution in [2.24, 2.45) is 0 Å². The van der Waals surface area contributed by atoms with Crippen LogP contribution in [-0.2, 0) is 9.53 Å². The molecule has 3 aromatic carbocycles. The molecule has 0 saturated carbocycles. The number of carbonyl (C=O) groups excluding carboxylic acids is 2. The van der Waals surface area contributed by atoms with E-state index in [0.717, 1.165) is 27.6 Å². The number of methoxy groups -OCH3 is 2. The molecule has 4 rings (SSSR count). The molecular weight excluding hydrogens is 456 g/mol. The van der Waals surface area contributed by atoms with E-state index in [0.29, 0.717) is 22.8 Å². The number of benzene rings is 3. The van der Waals surface area contributed by atoms with Crippen LogP contribution in [0, 0.1) is 13.8 Å². The quantitative estimate of drug-likeness (QED) is 0.357. The van der Waals surface area contributed by atoms with Crippen LogP contribution in [0.1, 0.15) is 38.8 Å². The summed E-state index contributed by atoms with van der Waals surface area (Å²) in [6.07, 6.45) is 0. The molecule has 7 nitrogen and oxygen atoms in total. The summed E-state index contributed by atoms with van der Waals surface area (Å²) in [5, 5.41) is 3.81. The summed E-state index contributed by atoms with van der Waals surface area (Å²) in [4.78, 5) is 30.2. The van der Waals surface area contributed by atoms with Crippen LogP contribution in [-0.4, -0.2) is 37.7 Å². The molecule has 0 fully saturated rings. The van der Waals surface area contributed by atoms with Gasteiger partial charge in [0.25, 0.3) is 5.91 Å². The smallest absolute Gasteiger partial charge is 0.340 e. The van der Waals surface area contributed by atoms with Gasteiger partial charge in [-0.15, -0.1) is 0 Å². The van der Waals surface area contributed by atoms with Gasteiger partial charge in [0.1, 0.15) is 11.5 Å². The van der Waals surface area contributed by atoms with E-state index in [-0.39, 0.29) is 0 Å². The number of esters is 1. The molecule has 0 unspecified atom stereocenters. The average Bonchev–Trinajstić information content (AvgIpc) is 2.90. The lowest BCUT2D eigenvalue weighted by Gasteiger charge is -2.20. The second-order valence-corrected chi connectivity index (χ2v) is 8.44. The zero-order chi connectivity index (χ0) is 25.7. The van der Waals surface area contributed by atoms with Gasteiger partial charge >= 0.3 is 5.97 Å². The lowest BCUT2D eigenvalue weighted by atomic mass is 9.98. The molecule has 1 heterocycles. The van der Waals surface area contributed by atoms with Crippen LogP contribution in [0.15, 0.2) is 72.8 Å². The highest BCUT2D eigenvalue weighted by atomic mass is 16.5. The number of carbonyl (C=O) groups is 2. The molecule has 36 heavy (non-hydrogen) atoms. The third-order valence-corrected chi connectivity index (χ3v) is 5.92. The maximum Gasteiger partial charge on any atom is 0.340 e. The molecule has 0 aliphatic carbocycles. The number of hydrogen-bond acceptors (Lipinski definition) is 6. The molecule has 184 valence electrons. The van der Waals surface area contributed by atoms with Crippen molar-refractivity contribution in [3.8, 4) is 11.5 Å². The molecule has 0 saturated heterocycles. The molecule has 0 aliphatic heterocycles. The van der Waals surface area contributed by atoms with Crippen LogP contribution < -0.4 is 14.8 Å². The lowest BCUT2D eigenvalue weighted by molar-refractivity contribution is -0.124. The lowest BCUT2D eigenvalue weighted by Crippen LogP contribution is -2.33. The van der Waals surface area contributed by atoms with Crippen LogP contribution in [0.25, 0.3) is 10.9 Å². The Bertz CT molecular complexity index is 1330. The van der Waals surface area contributed by atoms with Crippen LogP contribution in [0.3, 0.4) is 0 Å². The predicted molar refractivity (Wildman–Crippen MR) is 137 cm³/mol. The minimum atomic E-state index is -0.594. The number of ether oxygens (including phenoxy) is 3. The van der Waals surface area contributed by atoms with E-state index in [4.69, 9.17) is 14.2 Å². The van der Waals surface area contributed by atoms with Gasteiger partial charge in [-0.25, -0.2) is 4.79 Å². The Labute approximate surface area is 210 Å². The molecule has 0 radical (unpaired) electrons. The van der Waals surface area contributed by atoms with Crippen LogP contribution >= 0.6 is 0 Å². The fourth-order valence-electron chi connectivity index (χ4n) is 3.96. The largest absolute Gasteiger partial charge is 0.497 e. The van der Waals surface area contributed by atoms with Gasteiger partial charge in [0, 0.05) is 5.39 Å². The minimum absolute atomic E-state index is 0.336. The molecule has 0 bridgehead atoms. The predicted octanol–water partition coefficient (Wildman–Crippen LogP) is 4.93. The number of fused-ring (bicyclic) bond motifs is 1. The first kappa shape index (κ1) is 24.7. The minimum Gasteiger partial charge on any atom is -0.497 e. The standard InChI is InChI=1S/C29H28N2O5/c1-18-5-14-26-22(15-18)16-25(19(2)30-26)29(33)36-17-27(32)31-28(20-6-10-23(34-3)11-7-20)21-8-12-24(35-4)13-9-21/h5-16,28H,17H2,1-4H3,(H,31,32). The van der Waals surface area contributed by atoms with Gasteiger partial charge in [0.15, 0.2) is 6.61 Å². The van der Waals surface area contributed by atoms with E-state index in [1.165, 1.54) is 0 Å². The number of amides is 1. The molecule has 1 aromatic heterocycles. The topological polar surface area (TPSA) is 86.8 Å². The Morgan fingerprint density at radius 3 is 1.97 bits per heavy atom.